The second kappa shape index (κ2) is 6.49. The van der Waals surface area contributed by atoms with Crippen LogP contribution in [0.25, 0.3) is 11.0 Å². The van der Waals surface area contributed by atoms with Crippen LogP contribution in [0.15, 0.2) is 24.5 Å². The van der Waals surface area contributed by atoms with Crippen molar-refractivity contribution in [2.45, 2.75) is 25.8 Å². The van der Waals surface area contributed by atoms with Crippen LogP contribution in [0.3, 0.4) is 0 Å². The highest BCUT2D eigenvalue weighted by Crippen LogP contribution is 2.16. The number of carbonyl (C=O) groups is 2. The molecule has 0 bridgehead atoms. The molecule has 0 saturated carbocycles. The topological polar surface area (TPSA) is 84.2 Å². The summed E-state index contributed by atoms with van der Waals surface area (Å²) in [7, 11) is 1.88. The van der Waals surface area contributed by atoms with E-state index in [0.29, 0.717) is 12.1 Å². The molecule has 6 nitrogen and oxygen atoms in total. The van der Waals surface area contributed by atoms with E-state index in [1.165, 1.54) is 0 Å². The molecular weight excluding hydrogens is 270 g/mol. The molecule has 6 heteroatoms. The van der Waals surface area contributed by atoms with Crippen LogP contribution >= 0.6 is 0 Å². The molecule has 21 heavy (non-hydrogen) atoms. The first-order valence-corrected chi connectivity index (χ1v) is 6.93. The van der Waals surface area contributed by atoms with Gasteiger partial charge in [0.1, 0.15) is 0 Å². The fraction of sp³-hybridized carbons (Fsp3) is 0.400. The van der Waals surface area contributed by atoms with Crippen molar-refractivity contribution in [1.82, 2.24) is 14.9 Å². The first-order chi connectivity index (χ1) is 10.0. The van der Waals surface area contributed by atoms with Gasteiger partial charge in [-0.15, -0.1) is 0 Å². The van der Waals surface area contributed by atoms with Crippen LogP contribution in [0.2, 0.25) is 0 Å². The lowest BCUT2D eigenvalue weighted by molar-refractivity contribution is -0.137. The maximum atomic E-state index is 12.5. The van der Waals surface area contributed by atoms with Crippen LogP contribution < -0.4 is 5.32 Å². The molecule has 112 valence electrons. The van der Waals surface area contributed by atoms with E-state index < -0.39 is 12.0 Å². The second-order valence-corrected chi connectivity index (χ2v) is 5.03. The molecular formula is C15H19N3O3. The first-order valence-electron chi connectivity index (χ1n) is 6.93. The summed E-state index contributed by atoms with van der Waals surface area (Å²) in [6.45, 7) is 2.57. The van der Waals surface area contributed by atoms with E-state index in [1.807, 2.05) is 24.6 Å². The SMILES string of the molecule is CCCNC(CC(=O)O)C(=O)c1ccc2c(c1)ncn2C. The van der Waals surface area contributed by atoms with Crippen molar-refractivity contribution in [2.24, 2.45) is 7.05 Å². The Hall–Kier alpha value is -2.21. The zero-order valence-corrected chi connectivity index (χ0v) is 12.2. The predicted octanol–water partition coefficient (Wildman–Crippen LogP) is 1.60. The van der Waals surface area contributed by atoms with Gasteiger partial charge in [-0.25, -0.2) is 4.98 Å². The summed E-state index contributed by atoms with van der Waals surface area (Å²) in [5, 5.41) is 11.9. The van der Waals surface area contributed by atoms with Crippen molar-refractivity contribution in [2.75, 3.05) is 6.54 Å². The monoisotopic (exact) mass is 289 g/mol. The van der Waals surface area contributed by atoms with E-state index in [4.69, 9.17) is 5.11 Å². The molecule has 1 aromatic heterocycles. The van der Waals surface area contributed by atoms with Crippen LogP contribution in [-0.2, 0) is 11.8 Å². The summed E-state index contributed by atoms with van der Waals surface area (Å²) in [4.78, 5) is 27.6. The van der Waals surface area contributed by atoms with Crippen molar-refractivity contribution in [3.63, 3.8) is 0 Å². The average Bonchev–Trinajstić information content (AvgIpc) is 2.83. The number of rotatable bonds is 7. The van der Waals surface area contributed by atoms with Gasteiger partial charge in [-0.1, -0.05) is 6.92 Å². The number of carboxylic acids is 1. The minimum absolute atomic E-state index is 0.210. The quantitative estimate of drug-likeness (QED) is 0.756. The van der Waals surface area contributed by atoms with Gasteiger partial charge < -0.3 is 15.0 Å². The molecule has 0 amide bonds. The molecule has 1 aromatic carbocycles. The average molecular weight is 289 g/mol. The standard InChI is InChI=1S/C15H19N3O3/c1-3-6-16-12(8-14(19)20)15(21)10-4-5-13-11(7-10)17-9-18(13)2/h4-5,7,9,12,16H,3,6,8H2,1-2H3,(H,19,20). The van der Waals surface area contributed by atoms with Gasteiger partial charge >= 0.3 is 5.97 Å². The Bertz CT molecular complexity index is 663. The molecule has 2 rings (SSSR count). The van der Waals surface area contributed by atoms with Crippen LogP contribution in [0, 0.1) is 0 Å². The molecule has 0 aliphatic rings. The third kappa shape index (κ3) is 3.46. The second-order valence-electron chi connectivity index (χ2n) is 5.03. The Morgan fingerprint density at radius 3 is 2.86 bits per heavy atom. The highest BCUT2D eigenvalue weighted by molar-refractivity contribution is 6.03. The predicted molar refractivity (Wildman–Crippen MR) is 79.4 cm³/mol. The fourth-order valence-electron chi connectivity index (χ4n) is 2.24. The number of aryl methyl sites for hydroxylation is 1. The van der Waals surface area contributed by atoms with E-state index in [2.05, 4.69) is 10.3 Å². The molecule has 2 aromatic rings. The molecule has 2 N–H and O–H groups in total. The van der Waals surface area contributed by atoms with E-state index in [-0.39, 0.29) is 12.2 Å². The molecule has 0 aliphatic carbocycles. The lowest BCUT2D eigenvalue weighted by Crippen LogP contribution is -2.39. The molecule has 0 radical (unpaired) electrons. The number of nitrogens with one attached hydrogen (secondary N) is 1. The van der Waals surface area contributed by atoms with Gasteiger partial charge in [-0.2, -0.15) is 0 Å². The lowest BCUT2D eigenvalue weighted by atomic mass is 10.0. The molecule has 0 fully saturated rings. The van der Waals surface area contributed by atoms with E-state index >= 15 is 0 Å². The largest absolute Gasteiger partial charge is 0.481 e. The number of aliphatic carboxylic acids is 1. The van der Waals surface area contributed by atoms with E-state index in [1.54, 1.807) is 18.5 Å². The number of imidazole rings is 1. The zero-order chi connectivity index (χ0) is 15.4. The Kier molecular flexibility index (Phi) is 4.70. The Labute approximate surface area is 122 Å². The van der Waals surface area contributed by atoms with Crippen LogP contribution in [0.4, 0.5) is 0 Å². The number of Topliss-reactive ketones (excluding diaryl/α,β-unsaturated/α-hetero) is 1. The Morgan fingerprint density at radius 1 is 1.43 bits per heavy atom. The number of nitrogens with zero attached hydrogens (tertiary/aromatic N) is 2. The zero-order valence-electron chi connectivity index (χ0n) is 12.2. The number of carbonyl (C=O) groups excluding carboxylic acids is 1. The summed E-state index contributed by atoms with van der Waals surface area (Å²) in [6, 6.07) is 4.55. The number of hydrogen-bond donors (Lipinski definition) is 2. The summed E-state index contributed by atoms with van der Waals surface area (Å²) in [5.41, 5.74) is 2.15. The van der Waals surface area contributed by atoms with E-state index in [0.717, 1.165) is 17.5 Å². The number of aromatic nitrogens is 2. The summed E-state index contributed by atoms with van der Waals surface area (Å²) in [5.74, 6) is -1.20. The minimum atomic E-state index is -0.990. The highest BCUT2D eigenvalue weighted by atomic mass is 16.4. The summed E-state index contributed by atoms with van der Waals surface area (Å²) in [6.07, 6.45) is 2.30. The van der Waals surface area contributed by atoms with Gasteiger partial charge in [0.05, 0.1) is 29.8 Å². The number of benzene rings is 1. The number of ketones is 1. The molecule has 1 heterocycles. The van der Waals surface area contributed by atoms with Gasteiger partial charge in [0.25, 0.3) is 0 Å². The molecule has 0 spiro atoms. The normalized spacial score (nSPS) is 12.5. The number of carboxylic acid groups (broad SMARTS) is 1. The molecule has 1 unspecified atom stereocenters. The molecule has 0 saturated heterocycles. The van der Waals surface area contributed by atoms with Crippen LogP contribution in [0.5, 0.6) is 0 Å². The Morgan fingerprint density at radius 2 is 2.19 bits per heavy atom. The van der Waals surface area contributed by atoms with E-state index in [9.17, 15) is 9.59 Å². The third-order valence-electron chi connectivity index (χ3n) is 3.35. The lowest BCUT2D eigenvalue weighted by Gasteiger charge is -2.15. The van der Waals surface area contributed by atoms with Gasteiger partial charge in [-0.05, 0) is 31.2 Å². The third-order valence-corrected chi connectivity index (χ3v) is 3.35. The van der Waals surface area contributed by atoms with Gasteiger partial charge in [0.2, 0.25) is 0 Å². The number of hydrogen-bond acceptors (Lipinski definition) is 4. The van der Waals surface area contributed by atoms with Gasteiger partial charge in [-0.3, -0.25) is 9.59 Å². The Balaban J connectivity index is 2.26. The fourth-order valence-corrected chi connectivity index (χ4v) is 2.24. The van der Waals surface area contributed by atoms with Crippen molar-refractivity contribution in [3.05, 3.63) is 30.1 Å². The van der Waals surface area contributed by atoms with Crippen molar-refractivity contribution >= 4 is 22.8 Å². The van der Waals surface area contributed by atoms with Crippen molar-refractivity contribution in [1.29, 1.82) is 0 Å². The maximum Gasteiger partial charge on any atom is 0.305 e. The smallest absolute Gasteiger partial charge is 0.305 e. The van der Waals surface area contributed by atoms with Gasteiger partial charge in [0.15, 0.2) is 5.78 Å². The van der Waals surface area contributed by atoms with Crippen molar-refractivity contribution < 1.29 is 14.7 Å². The van der Waals surface area contributed by atoms with Gasteiger partial charge in [0, 0.05) is 12.6 Å². The minimum Gasteiger partial charge on any atom is -0.481 e. The van der Waals surface area contributed by atoms with Crippen LogP contribution in [0.1, 0.15) is 30.1 Å². The van der Waals surface area contributed by atoms with Crippen molar-refractivity contribution in [3.8, 4) is 0 Å². The maximum absolute atomic E-state index is 12.5. The van der Waals surface area contributed by atoms with Crippen LogP contribution in [-0.4, -0.2) is 39.0 Å². The number of fused-ring (bicyclic) bond motifs is 1. The summed E-state index contributed by atoms with van der Waals surface area (Å²) >= 11 is 0. The highest BCUT2D eigenvalue weighted by Gasteiger charge is 2.22. The molecule has 0 aliphatic heterocycles. The summed E-state index contributed by atoms with van der Waals surface area (Å²) < 4.78 is 1.87. The molecule has 1 atom stereocenters. The first kappa shape index (κ1) is 15.2.